The summed E-state index contributed by atoms with van der Waals surface area (Å²) in [5.74, 6) is -0.0745. The molecule has 0 aliphatic heterocycles. The summed E-state index contributed by atoms with van der Waals surface area (Å²) in [6, 6.07) is 13.5. The molecular formula is C17H16BrN3OS. The highest BCUT2D eigenvalue weighted by molar-refractivity contribution is 9.10. The molecule has 2 heterocycles. The predicted octanol–water partition coefficient (Wildman–Crippen LogP) is 4.11. The first kappa shape index (κ1) is 16.0. The second-order valence-corrected chi connectivity index (χ2v) is 7.00. The molecule has 0 atom stereocenters. The SMILES string of the molecule is Cc1cc(-c2cccs2)nn1CCNC(=O)c1cccc(Br)c1. The standard InChI is InChI=1S/C17H16BrN3OS/c1-12-10-15(16-6-3-9-23-16)20-21(12)8-7-19-17(22)13-4-2-5-14(18)11-13/h2-6,9-11H,7-8H2,1H3,(H,19,22). The van der Waals surface area contributed by atoms with Crippen LogP contribution in [0, 0.1) is 6.92 Å². The molecule has 23 heavy (non-hydrogen) atoms. The van der Waals surface area contributed by atoms with Crippen molar-refractivity contribution in [2.24, 2.45) is 0 Å². The number of carbonyl (C=O) groups is 1. The molecule has 4 nitrogen and oxygen atoms in total. The zero-order valence-electron chi connectivity index (χ0n) is 12.6. The maximum Gasteiger partial charge on any atom is 0.251 e. The predicted molar refractivity (Wildman–Crippen MR) is 96.8 cm³/mol. The van der Waals surface area contributed by atoms with Crippen LogP contribution in [-0.4, -0.2) is 22.2 Å². The number of hydrogen-bond donors (Lipinski definition) is 1. The van der Waals surface area contributed by atoms with Crippen LogP contribution in [0.25, 0.3) is 10.6 Å². The minimum atomic E-state index is -0.0745. The molecule has 0 saturated carbocycles. The molecular weight excluding hydrogens is 374 g/mol. The van der Waals surface area contributed by atoms with Gasteiger partial charge in [-0.05, 0) is 42.6 Å². The smallest absolute Gasteiger partial charge is 0.251 e. The van der Waals surface area contributed by atoms with Gasteiger partial charge in [-0.25, -0.2) is 0 Å². The van der Waals surface area contributed by atoms with Gasteiger partial charge < -0.3 is 5.32 Å². The van der Waals surface area contributed by atoms with Crippen LogP contribution in [0.4, 0.5) is 0 Å². The zero-order valence-corrected chi connectivity index (χ0v) is 15.0. The highest BCUT2D eigenvalue weighted by Gasteiger charge is 2.09. The molecule has 2 aromatic heterocycles. The monoisotopic (exact) mass is 389 g/mol. The Bertz CT molecular complexity index is 811. The van der Waals surface area contributed by atoms with E-state index in [-0.39, 0.29) is 5.91 Å². The number of aromatic nitrogens is 2. The second kappa shape index (κ2) is 7.10. The summed E-state index contributed by atoms with van der Waals surface area (Å²) in [6.45, 7) is 3.22. The maximum absolute atomic E-state index is 12.1. The third-order valence-electron chi connectivity index (χ3n) is 3.45. The minimum absolute atomic E-state index is 0.0745. The van der Waals surface area contributed by atoms with Crippen LogP contribution in [0.5, 0.6) is 0 Å². The number of benzene rings is 1. The Morgan fingerprint density at radius 1 is 1.30 bits per heavy atom. The molecule has 0 fully saturated rings. The lowest BCUT2D eigenvalue weighted by atomic mass is 10.2. The third-order valence-corrected chi connectivity index (χ3v) is 4.84. The summed E-state index contributed by atoms with van der Waals surface area (Å²) >= 11 is 5.05. The Kier molecular flexibility index (Phi) is 4.93. The normalized spacial score (nSPS) is 10.7. The molecule has 0 aliphatic carbocycles. The first-order valence-electron chi connectivity index (χ1n) is 7.25. The van der Waals surface area contributed by atoms with E-state index >= 15 is 0 Å². The van der Waals surface area contributed by atoms with Crippen molar-refractivity contribution < 1.29 is 4.79 Å². The molecule has 0 spiro atoms. The number of halogens is 1. The minimum Gasteiger partial charge on any atom is -0.350 e. The number of aryl methyl sites for hydroxylation is 1. The fraction of sp³-hybridized carbons (Fsp3) is 0.176. The number of carbonyl (C=O) groups excluding carboxylic acids is 1. The van der Waals surface area contributed by atoms with Crippen molar-refractivity contribution in [1.82, 2.24) is 15.1 Å². The van der Waals surface area contributed by atoms with E-state index in [0.29, 0.717) is 18.7 Å². The quantitative estimate of drug-likeness (QED) is 0.713. The van der Waals surface area contributed by atoms with E-state index < -0.39 is 0 Å². The van der Waals surface area contributed by atoms with Gasteiger partial charge in [0.25, 0.3) is 5.91 Å². The average molecular weight is 390 g/mol. The largest absolute Gasteiger partial charge is 0.350 e. The van der Waals surface area contributed by atoms with E-state index in [9.17, 15) is 4.79 Å². The number of nitrogens with zero attached hydrogens (tertiary/aromatic N) is 2. The topological polar surface area (TPSA) is 46.9 Å². The molecule has 0 radical (unpaired) electrons. The van der Waals surface area contributed by atoms with Crippen LogP contribution < -0.4 is 5.32 Å². The van der Waals surface area contributed by atoms with Gasteiger partial charge in [0, 0.05) is 22.3 Å². The summed E-state index contributed by atoms with van der Waals surface area (Å²) in [6.07, 6.45) is 0. The van der Waals surface area contributed by atoms with E-state index in [0.717, 1.165) is 20.7 Å². The first-order chi connectivity index (χ1) is 11.1. The fourth-order valence-electron chi connectivity index (χ4n) is 2.29. The molecule has 118 valence electrons. The second-order valence-electron chi connectivity index (χ2n) is 5.14. The van der Waals surface area contributed by atoms with Crippen molar-refractivity contribution in [3.63, 3.8) is 0 Å². The van der Waals surface area contributed by atoms with Crippen molar-refractivity contribution in [3.8, 4) is 10.6 Å². The van der Waals surface area contributed by atoms with Crippen molar-refractivity contribution in [2.45, 2.75) is 13.5 Å². The lowest BCUT2D eigenvalue weighted by Crippen LogP contribution is -2.27. The van der Waals surface area contributed by atoms with Crippen LogP contribution in [0.3, 0.4) is 0 Å². The van der Waals surface area contributed by atoms with Crippen molar-refractivity contribution in [1.29, 1.82) is 0 Å². The van der Waals surface area contributed by atoms with Crippen LogP contribution in [0.1, 0.15) is 16.1 Å². The number of nitrogens with one attached hydrogen (secondary N) is 1. The molecule has 1 N–H and O–H groups in total. The van der Waals surface area contributed by atoms with Gasteiger partial charge in [0.2, 0.25) is 0 Å². The summed E-state index contributed by atoms with van der Waals surface area (Å²) in [5.41, 5.74) is 2.72. The molecule has 0 unspecified atom stereocenters. The van der Waals surface area contributed by atoms with Gasteiger partial charge in [-0.2, -0.15) is 5.10 Å². The molecule has 1 amide bonds. The Morgan fingerprint density at radius 3 is 2.91 bits per heavy atom. The van der Waals surface area contributed by atoms with Crippen LogP contribution in [0.15, 0.2) is 52.3 Å². The summed E-state index contributed by atoms with van der Waals surface area (Å²) in [4.78, 5) is 13.3. The molecule has 0 aliphatic rings. The first-order valence-corrected chi connectivity index (χ1v) is 8.93. The van der Waals surface area contributed by atoms with E-state index in [1.807, 2.05) is 41.3 Å². The molecule has 6 heteroatoms. The van der Waals surface area contributed by atoms with Crippen LogP contribution in [0.2, 0.25) is 0 Å². The summed E-state index contributed by atoms with van der Waals surface area (Å²) in [7, 11) is 0. The van der Waals surface area contributed by atoms with Gasteiger partial charge in [0.05, 0.1) is 11.4 Å². The number of amides is 1. The lowest BCUT2D eigenvalue weighted by molar-refractivity contribution is 0.0952. The van der Waals surface area contributed by atoms with Gasteiger partial charge in [0.1, 0.15) is 5.69 Å². The molecule has 3 aromatic rings. The Morgan fingerprint density at radius 2 is 2.17 bits per heavy atom. The van der Waals surface area contributed by atoms with E-state index in [1.165, 1.54) is 0 Å². The Balaban J connectivity index is 1.60. The maximum atomic E-state index is 12.1. The van der Waals surface area contributed by atoms with Crippen molar-refractivity contribution in [3.05, 3.63) is 63.6 Å². The molecule has 3 rings (SSSR count). The van der Waals surface area contributed by atoms with Crippen molar-refractivity contribution in [2.75, 3.05) is 6.54 Å². The average Bonchev–Trinajstić information content (AvgIpc) is 3.17. The van der Waals surface area contributed by atoms with E-state index in [1.54, 1.807) is 17.4 Å². The highest BCUT2D eigenvalue weighted by atomic mass is 79.9. The van der Waals surface area contributed by atoms with Gasteiger partial charge in [0.15, 0.2) is 0 Å². The molecule has 0 bridgehead atoms. The molecule has 1 aromatic carbocycles. The van der Waals surface area contributed by atoms with Gasteiger partial charge in [-0.3, -0.25) is 9.48 Å². The highest BCUT2D eigenvalue weighted by Crippen LogP contribution is 2.23. The Labute approximate surface area is 147 Å². The molecule has 0 saturated heterocycles. The Hall–Kier alpha value is -1.92. The van der Waals surface area contributed by atoms with Gasteiger partial charge in [-0.1, -0.05) is 28.1 Å². The van der Waals surface area contributed by atoms with Crippen LogP contribution >= 0.6 is 27.3 Å². The summed E-state index contributed by atoms with van der Waals surface area (Å²) < 4.78 is 2.82. The van der Waals surface area contributed by atoms with Crippen molar-refractivity contribution >= 4 is 33.2 Å². The zero-order chi connectivity index (χ0) is 16.2. The number of hydrogen-bond acceptors (Lipinski definition) is 3. The lowest BCUT2D eigenvalue weighted by Gasteiger charge is -2.07. The van der Waals surface area contributed by atoms with Crippen LogP contribution in [-0.2, 0) is 6.54 Å². The van der Waals surface area contributed by atoms with Gasteiger partial charge >= 0.3 is 0 Å². The van der Waals surface area contributed by atoms with E-state index in [2.05, 4.69) is 38.5 Å². The fourth-order valence-corrected chi connectivity index (χ4v) is 3.37. The van der Waals surface area contributed by atoms with E-state index in [4.69, 9.17) is 0 Å². The number of rotatable bonds is 5. The number of thiophene rings is 1. The summed E-state index contributed by atoms with van der Waals surface area (Å²) in [5, 5.41) is 9.58. The van der Waals surface area contributed by atoms with Gasteiger partial charge in [-0.15, -0.1) is 11.3 Å². The third kappa shape index (κ3) is 3.89.